The van der Waals surface area contributed by atoms with Gasteiger partial charge in [-0.1, -0.05) is 38.1 Å². The van der Waals surface area contributed by atoms with Crippen molar-refractivity contribution in [2.24, 2.45) is 0 Å². The van der Waals surface area contributed by atoms with E-state index in [1.165, 1.54) is 0 Å². The van der Waals surface area contributed by atoms with Crippen LogP contribution in [0.5, 0.6) is 11.5 Å². The van der Waals surface area contributed by atoms with Gasteiger partial charge in [0.2, 0.25) is 0 Å². The van der Waals surface area contributed by atoms with Gasteiger partial charge in [0, 0.05) is 5.41 Å². The third-order valence-electron chi connectivity index (χ3n) is 3.88. The minimum absolute atomic E-state index is 0.295. The highest BCUT2D eigenvalue weighted by Crippen LogP contribution is 2.33. The molecule has 0 aliphatic heterocycles. The lowest BCUT2D eigenvalue weighted by molar-refractivity contribution is -0.140. The van der Waals surface area contributed by atoms with Gasteiger partial charge >= 0.3 is 11.9 Å². The summed E-state index contributed by atoms with van der Waals surface area (Å²) in [5.41, 5.74) is 1.78. The third kappa shape index (κ3) is 4.97. The van der Waals surface area contributed by atoms with Crippen LogP contribution in [0.1, 0.15) is 25.0 Å². The van der Waals surface area contributed by atoms with Crippen molar-refractivity contribution in [2.75, 3.05) is 13.2 Å². The summed E-state index contributed by atoms with van der Waals surface area (Å²) < 4.78 is 10.3. The molecule has 0 fully saturated rings. The van der Waals surface area contributed by atoms with Crippen LogP contribution < -0.4 is 9.47 Å². The molecule has 0 aliphatic rings. The van der Waals surface area contributed by atoms with Crippen molar-refractivity contribution in [2.45, 2.75) is 19.3 Å². The van der Waals surface area contributed by atoms with Crippen molar-refractivity contribution >= 4 is 11.9 Å². The number of carboxylic acid groups (broad SMARTS) is 2. The molecule has 0 saturated carbocycles. The highest BCUT2D eigenvalue weighted by molar-refractivity contribution is 5.68. The zero-order valence-electron chi connectivity index (χ0n) is 14.1. The van der Waals surface area contributed by atoms with Crippen LogP contribution in [0.15, 0.2) is 48.5 Å². The van der Waals surface area contributed by atoms with Gasteiger partial charge in [-0.2, -0.15) is 0 Å². The van der Waals surface area contributed by atoms with Crippen molar-refractivity contribution in [3.63, 3.8) is 0 Å². The molecule has 6 heteroatoms. The summed E-state index contributed by atoms with van der Waals surface area (Å²) in [5.74, 6) is -1.04. The monoisotopic (exact) mass is 344 g/mol. The van der Waals surface area contributed by atoms with E-state index in [9.17, 15) is 9.59 Å². The van der Waals surface area contributed by atoms with E-state index in [0.29, 0.717) is 11.5 Å². The molecule has 2 rings (SSSR count). The second-order valence-corrected chi connectivity index (χ2v) is 6.04. The van der Waals surface area contributed by atoms with E-state index < -0.39 is 11.9 Å². The second kappa shape index (κ2) is 7.70. The number of hydrogen-bond donors (Lipinski definition) is 2. The normalized spacial score (nSPS) is 11.0. The molecule has 0 aliphatic carbocycles. The molecule has 0 amide bonds. The summed E-state index contributed by atoms with van der Waals surface area (Å²) in [6.45, 7) is 3.38. The Hall–Kier alpha value is -3.02. The molecule has 25 heavy (non-hydrogen) atoms. The van der Waals surface area contributed by atoms with E-state index >= 15 is 0 Å². The molecule has 6 nitrogen and oxygen atoms in total. The highest BCUT2D eigenvalue weighted by Gasteiger charge is 2.23. The van der Waals surface area contributed by atoms with Crippen LogP contribution in [0.4, 0.5) is 0 Å². The average Bonchev–Trinajstić information content (AvgIpc) is 2.59. The first-order chi connectivity index (χ1) is 11.8. The average molecular weight is 344 g/mol. The lowest BCUT2D eigenvalue weighted by Gasteiger charge is -2.26. The SMILES string of the molecule is CC(C)(c1ccc(OCC(=O)O)cc1)c1ccc(OCC(=O)O)cc1. The molecule has 0 atom stereocenters. The second-order valence-electron chi connectivity index (χ2n) is 6.04. The molecule has 0 bridgehead atoms. The van der Waals surface area contributed by atoms with E-state index in [1.54, 1.807) is 24.3 Å². The van der Waals surface area contributed by atoms with Gasteiger partial charge in [0.05, 0.1) is 0 Å². The number of hydrogen-bond acceptors (Lipinski definition) is 4. The first-order valence-corrected chi connectivity index (χ1v) is 7.69. The molecule has 0 saturated heterocycles. The van der Waals surface area contributed by atoms with E-state index in [0.717, 1.165) is 11.1 Å². The molecule has 132 valence electrons. The Bertz CT molecular complexity index is 668. The Morgan fingerprint density at radius 1 is 0.760 bits per heavy atom. The Kier molecular flexibility index (Phi) is 5.64. The lowest BCUT2D eigenvalue weighted by atomic mass is 9.78. The number of rotatable bonds is 8. The van der Waals surface area contributed by atoms with Crippen LogP contribution >= 0.6 is 0 Å². The van der Waals surface area contributed by atoms with Crippen LogP contribution in [0.25, 0.3) is 0 Å². The zero-order chi connectivity index (χ0) is 18.4. The van der Waals surface area contributed by atoms with Crippen LogP contribution in [0.3, 0.4) is 0 Å². The van der Waals surface area contributed by atoms with Crippen LogP contribution in [0.2, 0.25) is 0 Å². The van der Waals surface area contributed by atoms with Crippen molar-refractivity contribution in [3.05, 3.63) is 59.7 Å². The summed E-state index contributed by atoms with van der Waals surface area (Å²) in [6, 6.07) is 14.5. The fourth-order valence-corrected chi connectivity index (χ4v) is 2.39. The van der Waals surface area contributed by atoms with Gasteiger partial charge in [0.25, 0.3) is 0 Å². The van der Waals surface area contributed by atoms with Crippen LogP contribution in [0, 0.1) is 0 Å². The smallest absolute Gasteiger partial charge is 0.341 e. The number of aliphatic carboxylic acids is 2. The van der Waals surface area contributed by atoms with E-state index in [2.05, 4.69) is 13.8 Å². The Labute approximate surface area is 145 Å². The third-order valence-corrected chi connectivity index (χ3v) is 3.88. The topological polar surface area (TPSA) is 93.1 Å². The van der Waals surface area contributed by atoms with Crippen molar-refractivity contribution in [3.8, 4) is 11.5 Å². The van der Waals surface area contributed by atoms with Gasteiger partial charge in [0.15, 0.2) is 13.2 Å². The summed E-state index contributed by atoms with van der Waals surface area (Å²) in [6.07, 6.45) is 0. The summed E-state index contributed by atoms with van der Waals surface area (Å²) >= 11 is 0. The quantitative estimate of drug-likeness (QED) is 0.765. The molecular formula is C19H20O6. The predicted molar refractivity (Wildman–Crippen MR) is 91.3 cm³/mol. The molecule has 0 radical (unpaired) electrons. The first-order valence-electron chi connectivity index (χ1n) is 7.69. The molecule has 2 aromatic rings. The van der Waals surface area contributed by atoms with Gasteiger partial charge in [0.1, 0.15) is 11.5 Å². The van der Waals surface area contributed by atoms with Gasteiger partial charge in [-0.05, 0) is 35.4 Å². The maximum Gasteiger partial charge on any atom is 0.341 e. The summed E-state index contributed by atoms with van der Waals surface area (Å²) in [5, 5.41) is 17.3. The molecule has 0 spiro atoms. The van der Waals surface area contributed by atoms with Gasteiger partial charge in [-0.3, -0.25) is 0 Å². The molecular weight excluding hydrogens is 324 g/mol. The Morgan fingerprint density at radius 2 is 1.08 bits per heavy atom. The van der Waals surface area contributed by atoms with Gasteiger partial charge in [-0.15, -0.1) is 0 Å². The Morgan fingerprint density at radius 3 is 1.36 bits per heavy atom. The number of ether oxygens (including phenoxy) is 2. The molecule has 0 heterocycles. The van der Waals surface area contributed by atoms with Gasteiger partial charge in [-0.25, -0.2) is 9.59 Å². The number of carboxylic acids is 2. The Balaban J connectivity index is 2.11. The molecule has 0 aromatic heterocycles. The predicted octanol–water partition coefficient (Wildman–Crippen LogP) is 2.94. The zero-order valence-corrected chi connectivity index (χ0v) is 14.1. The lowest BCUT2D eigenvalue weighted by Crippen LogP contribution is -2.19. The van der Waals surface area contributed by atoms with E-state index in [1.807, 2.05) is 24.3 Å². The van der Waals surface area contributed by atoms with Gasteiger partial charge < -0.3 is 19.7 Å². The standard InChI is InChI=1S/C19H20O6/c1-19(2,13-3-7-15(8-4-13)24-11-17(20)21)14-5-9-16(10-6-14)25-12-18(22)23/h3-10H,11-12H2,1-2H3,(H,20,21)(H,22,23). The van der Waals surface area contributed by atoms with Crippen LogP contribution in [-0.2, 0) is 15.0 Å². The minimum Gasteiger partial charge on any atom is -0.482 e. The van der Waals surface area contributed by atoms with Crippen molar-refractivity contribution in [1.82, 2.24) is 0 Å². The minimum atomic E-state index is -1.02. The number of carbonyl (C=O) groups is 2. The summed E-state index contributed by atoms with van der Waals surface area (Å²) in [4.78, 5) is 21.1. The van der Waals surface area contributed by atoms with E-state index in [4.69, 9.17) is 19.7 Å². The molecule has 2 aromatic carbocycles. The first kappa shape index (κ1) is 18.3. The molecule has 2 N–H and O–H groups in total. The maximum atomic E-state index is 10.5. The highest BCUT2D eigenvalue weighted by atomic mass is 16.5. The summed E-state index contributed by atoms with van der Waals surface area (Å²) in [7, 11) is 0. The van der Waals surface area contributed by atoms with Crippen molar-refractivity contribution < 1.29 is 29.3 Å². The molecule has 0 unspecified atom stereocenters. The fourth-order valence-electron chi connectivity index (χ4n) is 2.39. The number of benzene rings is 2. The largest absolute Gasteiger partial charge is 0.482 e. The van der Waals surface area contributed by atoms with Crippen LogP contribution in [-0.4, -0.2) is 35.4 Å². The van der Waals surface area contributed by atoms with Crippen molar-refractivity contribution in [1.29, 1.82) is 0 Å². The van der Waals surface area contributed by atoms with E-state index in [-0.39, 0.29) is 18.6 Å². The fraction of sp³-hybridized carbons (Fsp3) is 0.263. The maximum absolute atomic E-state index is 10.5.